The molecule has 7 heteroatoms. The first kappa shape index (κ1) is 12.8. The Labute approximate surface area is 107 Å². The fraction of sp³-hybridized carbons (Fsp3) is 0.727. The van der Waals surface area contributed by atoms with Crippen LogP contribution in [0, 0.1) is 0 Å². The Morgan fingerprint density at radius 1 is 1.28 bits per heavy atom. The lowest BCUT2D eigenvalue weighted by atomic mass is 10.2. The Bertz CT molecular complexity index is 424. The Morgan fingerprint density at radius 3 is 2.67 bits per heavy atom. The van der Waals surface area contributed by atoms with Crippen LogP contribution in [0.25, 0.3) is 0 Å². The highest BCUT2D eigenvalue weighted by Gasteiger charge is 2.26. The first-order chi connectivity index (χ1) is 8.47. The summed E-state index contributed by atoms with van der Waals surface area (Å²) >= 11 is 0. The van der Waals surface area contributed by atoms with E-state index >= 15 is 0 Å². The van der Waals surface area contributed by atoms with E-state index in [-0.39, 0.29) is 18.1 Å². The molecule has 1 aromatic rings. The number of aromatic nitrogens is 3. The van der Waals surface area contributed by atoms with Crippen molar-refractivity contribution in [2.24, 2.45) is 0 Å². The molecule has 100 valence electrons. The summed E-state index contributed by atoms with van der Waals surface area (Å²) in [6, 6.07) is 0.234. The van der Waals surface area contributed by atoms with Crippen molar-refractivity contribution in [1.82, 2.24) is 15.0 Å². The molecular formula is C11H20N6O. The second-order valence-corrected chi connectivity index (χ2v) is 4.83. The fourth-order valence-electron chi connectivity index (χ4n) is 1.88. The molecule has 1 aliphatic heterocycles. The van der Waals surface area contributed by atoms with Crippen LogP contribution in [-0.2, 0) is 4.74 Å². The molecule has 2 N–H and O–H groups in total. The molecule has 2 atom stereocenters. The van der Waals surface area contributed by atoms with Gasteiger partial charge in [-0.15, -0.1) is 0 Å². The fourth-order valence-corrected chi connectivity index (χ4v) is 1.88. The molecule has 0 saturated carbocycles. The predicted molar refractivity (Wildman–Crippen MR) is 70.8 cm³/mol. The molecule has 0 bridgehead atoms. The Hall–Kier alpha value is -1.63. The minimum atomic E-state index is 0.169. The van der Waals surface area contributed by atoms with Gasteiger partial charge in [0, 0.05) is 20.6 Å². The topological polar surface area (TPSA) is 80.4 Å². The average molecular weight is 252 g/mol. The van der Waals surface area contributed by atoms with E-state index in [1.54, 1.807) is 0 Å². The summed E-state index contributed by atoms with van der Waals surface area (Å²) in [4.78, 5) is 16.7. The van der Waals surface area contributed by atoms with Crippen LogP contribution in [0.15, 0.2) is 0 Å². The second kappa shape index (κ2) is 4.93. The maximum absolute atomic E-state index is 5.74. The summed E-state index contributed by atoms with van der Waals surface area (Å²) in [6.45, 7) is 5.55. The summed E-state index contributed by atoms with van der Waals surface area (Å²) in [7, 11) is 3.76. The number of anilines is 3. The van der Waals surface area contributed by atoms with Gasteiger partial charge in [0.25, 0.3) is 0 Å². The summed E-state index contributed by atoms with van der Waals surface area (Å²) in [6.07, 6.45) is 0.169. The van der Waals surface area contributed by atoms with Gasteiger partial charge in [-0.2, -0.15) is 15.0 Å². The van der Waals surface area contributed by atoms with Gasteiger partial charge in [-0.25, -0.2) is 0 Å². The molecule has 2 heterocycles. The summed E-state index contributed by atoms with van der Waals surface area (Å²) in [5.74, 6) is 1.44. The van der Waals surface area contributed by atoms with Crippen molar-refractivity contribution in [3.05, 3.63) is 0 Å². The van der Waals surface area contributed by atoms with Crippen LogP contribution in [0.3, 0.4) is 0 Å². The van der Waals surface area contributed by atoms with Crippen molar-refractivity contribution in [3.63, 3.8) is 0 Å². The van der Waals surface area contributed by atoms with Crippen LogP contribution in [0.4, 0.5) is 17.8 Å². The van der Waals surface area contributed by atoms with Gasteiger partial charge in [-0.05, 0) is 13.8 Å². The van der Waals surface area contributed by atoms with E-state index in [9.17, 15) is 0 Å². The molecule has 2 unspecified atom stereocenters. The van der Waals surface area contributed by atoms with Crippen molar-refractivity contribution in [2.75, 3.05) is 42.8 Å². The maximum Gasteiger partial charge on any atom is 0.232 e. The number of nitrogens with two attached hydrogens (primary N) is 1. The van der Waals surface area contributed by atoms with E-state index in [2.05, 4.69) is 26.8 Å². The van der Waals surface area contributed by atoms with E-state index in [1.807, 2.05) is 25.9 Å². The molecule has 0 aromatic carbocycles. The molecule has 0 aliphatic carbocycles. The lowest BCUT2D eigenvalue weighted by molar-refractivity contribution is 0.0337. The first-order valence-electron chi connectivity index (χ1n) is 6.04. The summed E-state index contributed by atoms with van der Waals surface area (Å²) < 4.78 is 5.60. The molecule has 2 rings (SSSR count). The Kier molecular flexibility index (Phi) is 3.51. The number of nitrogen functional groups attached to an aromatic ring is 1. The molecule has 1 fully saturated rings. The second-order valence-electron chi connectivity index (χ2n) is 4.83. The van der Waals surface area contributed by atoms with E-state index in [1.165, 1.54) is 0 Å². The lowest BCUT2D eigenvalue weighted by Gasteiger charge is -2.36. The van der Waals surface area contributed by atoms with Crippen LogP contribution in [-0.4, -0.2) is 54.3 Å². The van der Waals surface area contributed by atoms with Crippen molar-refractivity contribution in [3.8, 4) is 0 Å². The molecule has 0 radical (unpaired) electrons. The van der Waals surface area contributed by atoms with Gasteiger partial charge in [0.1, 0.15) is 0 Å². The van der Waals surface area contributed by atoms with Crippen LogP contribution < -0.4 is 15.5 Å². The van der Waals surface area contributed by atoms with Gasteiger partial charge >= 0.3 is 0 Å². The molecular weight excluding hydrogens is 232 g/mol. The first-order valence-corrected chi connectivity index (χ1v) is 6.04. The van der Waals surface area contributed by atoms with Crippen molar-refractivity contribution < 1.29 is 4.74 Å². The smallest absolute Gasteiger partial charge is 0.232 e. The predicted octanol–water partition coefficient (Wildman–Crippen LogP) is 0.133. The highest BCUT2D eigenvalue weighted by atomic mass is 16.5. The van der Waals surface area contributed by atoms with Gasteiger partial charge in [0.05, 0.1) is 18.8 Å². The van der Waals surface area contributed by atoms with Crippen molar-refractivity contribution >= 4 is 17.8 Å². The van der Waals surface area contributed by atoms with E-state index in [0.29, 0.717) is 18.5 Å². The molecule has 1 aromatic heterocycles. The van der Waals surface area contributed by atoms with E-state index < -0.39 is 0 Å². The van der Waals surface area contributed by atoms with Crippen LogP contribution in [0.2, 0.25) is 0 Å². The van der Waals surface area contributed by atoms with Crippen molar-refractivity contribution in [1.29, 1.82) is 0 Å². The number of nitrogens with zero attached hydrogens (tertiary/aromatic N) is 5. The van der Waals surface area contributed by atoms with Crippen LogP contribution >= 0.6 is 0 Å². The molecule has 1 aliphatic rings. The molecule has 0 amide bonds. The largest absolute Gasteiger partial charge is 0.375 e. The summed E-state index contributed by atoms with van der Waals surface area (Å²) in [5.41, 5.74) is 5.74. The quantitative estimate of drug-likeness (QED) is 0.801. The zero-order valence-electron chi connectivity index (χ0n) is 11.3. The number of hydrogen-bond donors (Lipinski definition) is 1. The van der Waals surface area contributed by atoms with Crippen molar-refractivity contribution in [2.45, 2.75) is 26.0 Å². The minimum Gasteiger partial charge on any atom is -0.375 e. The number of rotatable bonds is 2. The average Bonchev–Trinajstić information content (AvgIpc) is 2.31. The number of morpholine rings is 1. The van der Waals surface area contributed by atoms with Gasteiger partial charge < -0.3 is 20.3 Å². The lowest BCUT2D eigenvalue weighted by Crippen LogP contribution is -2.48. The standard InChI is InChI=1S/C11H20N6O/c1-7-6-18-8(2)5-17(7)11-14-9(12)13-10(15-11)16(3)4/h7-8H,5-6H2,1-4H3,(H2,12,13,14,15). The molecule has 7 nitrogen and oxygen atoms in total. The third-order valence-corrected chi connectivity index (χ3v) is 2.89. The van der Waals surface area contributed by atoms with Gasteiger partial charge in [0.2, 0.25) is 17.8 Å². The van der Waals surface area contributed by atoms with Gasteiger partial charge in [-0.1, -0.05) is 0 Å². The zero-order chi connectivity index (χ0) is 13.3. The molecule has 18 heavy (non-hydrogen) atoms. The normalized spacial score (nSPS) is 24.1. The van der Waals surface area contributed by atoms with E-state index in [0.717, 1.165) is 6.54 Å². The maximum atomic E-state index is 5.74. The zero-order valence-corrected chi connectivity index (χ0v) is 11.3. The molecule has 1 saturated heterocycles. The third-order valence-electron chi connectivity index (χ3n) is 2.89. The Morgan fingerprint density at radius 2 is 2.00 bits per heavy atom. The van der Waals surface area contributed by atoms with Gasteiger partial charge in [-0.3, -0.25) is 0 Å². The number of ether oxygens (including phenoxy) is 1. The van der Waals surface area contributed by atoms with Gasteiger partial charge in [0.15, 0.2) is 0 Å². The van der Waals surface area contributed by atoms with Crippen LogP contribution in [0.1, 0.15) is 13.8 Å². The number of hydrogen-bond acceptors (Lipinski definition) is 7. The highest BCUT2D eigenvalue weighted by Crippen LogP contribution is 2.20. The third kappa shape index (κ3) is 2.61. The highest BCUT2D eigenvalue weighted by molar-refractivity contribution is 5.43. The Balaban J connectivity index is 2.31. The minimum absolute atomic E-state index is 0.169. The monoisotopic (exact) mass is 252 g/mol. The summed E-state index contributed by atoms with van der Waals surface area (Å²) in [5, 5.41) is 0. The van der Waals surface area contributed by atoms with Crippen LogP contribution in [0.5, 0.6) is 0 Å². The molecule has 0 spiro atoms. The SMILES string of the molecule is CC1CN(c2nc(N)nc(N(C)C)n2)C(C)CO1. The van der Waals surface area contributed by atoms with E-state index in [4.69, 9.17) is 10.5 Å².